The fourth-order valence-corrected chi connectivity index (χ4v) is 5.16. The number of carbonyl (C=O) groups is 2. The van der Waals surface area contributed by atoms with Crippen molar-refractivity contribution in [3.63, 3.8) is 0 Å². The van der Waals surface area contributed by atoms with Gasteiger partial charge in [-0.05, 0) is 59.8 Å². The highest BCUT2D eigenvalue weighted by atomic mass is 32.1. The fraction of sp³-hybridized carbons (Fsp3) is 0.167. The molecule has 162 valence electrons. The summed E-state index contributed by atoms with van der Waals surface area (Å²) in [5.74, 6) is -3.60. The average Bonchev–Trinajstić information content (AvgIpc) is 3.48. The zero-order valence-electron chi connectivity index (χ0n) is 16.9. The number of thiophene rings is 1. The van der Waals surface area contributed by atoms with E-state index in [2.05, 4.69) is 0 Å². The number of halogens is 2. The van der Waals surface area contributed by atoms with Crippen molar-refractivity contribution in [2.75, 3.05) is 11.5 Å². The quantitative estimate of drug-likeness (QED) is 0.348. The summed E-state index contributed by atoms with van der Waals surface area (Å²) in [4.78, 5) is 27.9. The lowest BCUT2D eigenvalue weighted by Gasteiger charge is -2.25. The molecule has 1 fully saturated rings. The van der Waals surface area contributed by atoms with Gasteiger partial charge in [0, 0.05) is 28.6 Å². The number of aliphatic hydroxyl groups excluding tert-OH is 1. The van der Waals surface area contributed by atoms with Crippen molar-refractivity contribution in [2.45, 2.75) is 19.4 Å². The lowest BCUT2D eigenvalue weighted by atomic mass is 9.97. The molecule has 5 nitrogen and oxygen atoms in total. The first kappa shape index (κ1) is 20.4. The minimum absolute atomic E-state index is 0.0326. The summed E-state index contributed by atoms with van der Waals surface area (Å²) >= 11 is 1.31. The minimum Gasteiger partial charge on any atom is -0.507 e. The average molecular weight is 453 g/mol. The lowest BCUT2D eigenvalue weighted by molar-refractivity contribution is -0.132. The van der Waals surface area contributed by atoms with Crippen LogP contribution in [0.2, 0.25) is 0 Å². The number of hydrogen-bond acceptors (Lipinski definition) is 5. The Labute approximate surface area is 186 Å². The van der Waals surface area contributed by atoms with E-state index >= 15 is 0 Å². The Bertz CT molecular complexity index is 1310. The van der Waals surface area contributed by atoms with Gasteiger partial charge in [-0.2, -0.15) is 0 Å². The van der Waals surface area contributed by atoms with E-state index in [4.69, 9.17) is 4.74 Å². The van der Waals surface area contributed by atoms with Gasteiger partial charge in [0.15, 0.2) is 11.6 Å². The van der Waals surface area contributed by atoms with E-state index in [0.717, 1.165) is 33.9 Å². The monoisotopic (exact) mass is 453 g/mol. The van der Waals surface area contributed by atoms with Crippen molar-refractivity contribution < 1.29 is 28.2 Å². The maximum atomic E-state index is 14.0. The van der Waals surface area contributed by atoms with Gasteiger partial charge in [-0.3, -0.25) is 14.5 Å². The maximum absolute atomic E-state index is 14.0. The van der Waals surface area contributed by atoms with Gasteiger partial charge in [0.05, 0.1) is 12.2 Å². The summed E-state index contributed by atoms with van der Waals surface area (Å²) < 4.78 is 33.0. The molecule has 2 aromatic carbocycles. The first-order valence-corrected chi connectivity index (χ1v) is 10.8. The lowest BCUT2D eigenvalue weighted by Crippen LogP contribution is -2.29. The highest BCUT2D eigenvalue weighted by Crippen LogP contribution is 2.45. The molecule has 0 saturated carbocycles. The summed E-state index contributed by atoms with van der Waals surface area (Å²) in [7, 11) is 0. The van der Waals surface area contributed by atoms with Crippen molar-refractivity contribution >= 4 is 34.5 Å². The molecule has 0 spiro atoms. The molecule has 1 saturated heterocycles. The second-order valence-corrected chi connectivity index (χ2v) is 8.60. The third kappa shape index (κ3) is 3.10. The van der Waals surface area contributed by atoms with Gasteiger partial charge in [0.1, 0.15) is 17.6 Å². The number of rotatable bonds is 3. The maximum Gasteiger partial charge on any atom is 0.300 e. The molecule has 5 rings (SSSR count). The number of Topliss-reactive ketones (excluding diaryl/α,β-unsaturated/α-hetero) is 1. The van der Waals surface area contributed by atoms with Crippen LogP contribution < -0.4 is 9.64 Å². The van der Waals surface area contributed by atoms with Crippen molar-refractivity contribution in [2.24, 2.45) is 0 Å². The molecule has 0 bridgehead atoms. The standard InChI is InChI=1S/C24H17F2NO4S/c1-12-7-9-32-23(12)20-19(21(28)14-2-5-18-13(10-14)6-8-31-18)22(29)24(30)27(20)15-3-4-16(25)17(26)11-15/h2-5,7,9-11,20,28H,6,8H2,1H3/b21-19-. The number of aryl methyl sites for hydroxylation is 1. The third-order valence-corrected chi connectivity index (χ3v) is 6.81. The number of ketones is 1. The number of carbonyl (C=O) groups excluding carboxylic acids is 2. The van der Waals surface area contributed by atoms with Crippen LogP contribution in [0.4, 0.5) is 14.5 Å². The van der Waals surface area contributed by atoms with Crippen molar-refractivity contribution in [3.8, 4) is 5.75 Å². The first-order valence-electron chi connectivity index (χ1n) is 9.93. The molecule has 8 heteroatoms. The second-order valence-electron chi connectivity index (χ2n) is 7.66. The molecule has 2 aliphatic rings. The largest absolute Gasteiger partial charge is 0.507 e. The van der Waals surface area contributed by atoms with E-state index in [9.17, 15) is 23.5 Å². The molecule has 32 heavy (non-hydrogen) atoms. The Hall–Kier alpha value is -3.52. The Kier molecular flexibility index (Phi) is 4.82. The number of nitrogens with zero attached hydrogens (tertiary/aromatic N) is 1. The predicted octanol–water partition coefficient (Wildman–Crippen LogP) is 4.90. The molecule has 1 unspecified atom stereocenters. The number of benzene rings is 2. The molecular formula is C24H17F2NO4S. The van der Waals surface area contributed by atoms with Gasteiger partial charge in [-0.15, -0.1) is 11.3 Å². The molecule has 3 aromatic rings. The van der Waals surface area contributed by atoms with E-state index in [0.29, 0.717) is 23.5 Å². The highest BCUT2D eigenvalue weighted by molar-refractivity contribution is 7.10. The minimum atomic E-state index is -1.13. The van der Waals surface area contributed by atoms with Gasteiger partial charge < -0.3 is 9.84 Å². The van der Waals surface area contributed by atoms with E-state index in [1.54, 1.807) is 18.2 Å². The van der Waals surface area contributed by atoms with E-state index in [1.807, 2.05) is 18.4 Å². The summed E-state index contributed by atoms with van der Waals surface area (Å²) in [5, 5.41) is 13.0. The zero-order valence-corrected chi connectivity index (χ0v) is 17.7. The van der Waals surface area contributed by atoms with Crippen LogP contribution >= 0.6 is 11.3 Å². The molecule has 1 atom stereocenters. The zero-order chi connectivity index (χ0) is 22.6. The summed E-state index contributed by atoms with van der Waals surface area (Å²) in [6.07, 6.45) is 0.674. The van der Waals surface area contributed by atoms with Crippen molar-refractivity contribution in [1.29, 1.82) is 0 Å². The van der Waals surface area contributed by atoms with Crippen LogP contribution in [0, 0.1) is 18.6 Å². The Morgan fingerprint density at radius 2 is 1.94 bits per heavy atom. The smallest absolute Gasteiger partial charge is 0.300 e. The van der Waals surface area contributed by atoms with Crippen LogP contribution in [0.5, 0.6) is 5.75 Å². The van der Waals surface area contributed by atoms with Gasteiger partial charge in [0.25, 0.3) is 11.7 Å². The third-order valence-electron chi connectivity index (χ3n) is 5.74. The first-order chi connectivity index (χ1) is 15.4. The van der Waals surface area contributed by atoms with Crippen molar-refractivity contribution in [3.05, 3.63) is 86.6 Å². The summed E-state index contributed by atoms with van der Waals surface area (Å²) in [6, 6.07) is 8.97. The molecule has 0 aliphatic carbocycles. The molecule has 1 amide bonds. The Balaban J connectivity index is 1.71. The van der Waals surface area contributed by atoms with E-state index < -0.39 is 29.4 Å². The number of anilines is 1. The van der Waals surface area contributed by atoms with Crippen LogP contribution in [0.3, 0.4) is 0 Å². The number of aliphatic hydroxyl groups is 1. The van der Waals surface area contributed by atoms with Gasteiger partial charge >= 0.3 is 0 Å². The Morgan fingerprint density at radius 3 is 2.66 bits per heavy atom. The number of fused-ring (bicyclic) bond motifs is 1. The van der Waals surface area contributed by atoms with Crippen LogP contribution in [0.15, 0.2) is 53.4 Å². The SMILES string of the molecule is Cc1ccsc1C1/C(=C(/O)c2ccc3c(c2)CCO3)C(=O)C(=O)N1c1ccc(F)c(F)c1. The predicted molar refractivity (Wildman–Crippen MR) is 116 cm³/mol. The van der Waals surface area contributed by atoms with E-state index in [1.165, 1.54) is 17.4 Å². The van der Waals surface area contributed by atoms with Gasteiger partial charge in [-0.1, -0.05) is 0 Å². The van der Waals surface area contributed by atoms with Gasteiger partial charge in [-0.25, -0.2) is 8.78 Å². The Morgan fingerprint density at radius 1 is 1.12 bits per heavy atom. The van der Waals surface area contributed by atoms with Crippen LogP contribution in [-0.4, -0.2) is 23.4 Å². The number of ether oxygens (including phenoxy) is 1. The number of hydrogen-bond donors (Lipinski definition) is 1. The second kappa shape index (κ2) is 7.56. The van der Waals surface area contributed by atoms with E-state index in [-0.39, 0.29) is 17.0 Å². The molecular weight excluding hydrogens is 436 g/mol. The van der Waals surface area contributed by atoms with Crippen LogP contribution in [-0.2, 0) is 16.0 Å². The van der Waals surface area contributed by atoms with Crippen molar-refractivity contribution in [1.82, 2.24) is 0 Å². The molecule has 1 N–H and O–H groups in total. The van der Waals surface area contributed by atoms with Crippen LogP contribution in [0.1, 0.15) is 27.6 Å². The topological polar surface area (TPSA) is 66.8 Å². The van der Waals surface area contributed by atoms with Crippen LogP contribution in [0.25, 0.3) is 5.76 Å². The molecule has 2 aliphatic heterocycles. The van der Waals surface area contributed by atoms with Gasteiger partial charge in [0.2, 0.25) is 0 Å². The molecule has 0 radical (unpaired) electrons. The number of amides is 1. The normalized spacial score (nSPS) is 19.3. The molecule has 1 aromatic heterocycles. The molecule has 3 heterocycles. The summed E-state index contributed by atoms with van der Waals surface area (Å²) in [6.45, 7) is 2.36. The highest BCUT2D eigenvalue weighted by Gasteiger charge is 2.48. The fourth-order valence-electron chi connectivity index (χ4n) is 4.14. The summed E-state index contributed by atoms with van der Waals surface area (Å²) in [5.41, 5.74) is 2.03.